The van der Waals surface area contributed by atoms with Crippen LogP contribution >= 0.6 is 23.4 Å². The lowest BCUT2D eigenvalue weighted by molar-refractivity contribution is 0.942. The average Bonchev–Trinajstić information content (AvgIpc) is 2.16. The molecule has 0 aromatic heterocycles. The van der Waals surface area contributed by atoms with Crippen molar-refractivity contribution in [1.29, 1.82) is 0 Å². The van der Waals surface area contributed by atoms with E-state index in [1.165, 1.54) is 0 Å². The van der Waals surface area contributed by atoms with Crippen LogP contribution in [0.4, 0.5) is 0 Å². The van der Waals surface area contributed by atoms with Crippen LogP contribution in [0.3, 0.4) is 0 Å². The zero-order valence-corrected chi connectivity index (χ0v) is 9.24. The van der Waals surface area contributed by atoms with Gasteiger partial charge in [0.25, 0.3) is 0 Å². The number of thioether (sulfide) groups is 1. The lowest BCUT2D eigenvalue weighted by Gasteiger charge is -2.14. The minimum atomic E-state index is 0.332. The Hall–Kier alpha value is -0.180. The molecule has 1 aromatic carbocycles. The number of nitrogens with two attached hydrogens (primary N) is 1. The standard InChI is InChI=1S/C10H14ClNS/c1-2-13-10(7-12)8-5-3-4-6-9(8)11/h3-6,10H,2,7,12H2,1H3. The molecule has 0 saturated heterocycles. The zero-order chi connectivity index (χ0) is 9.68. The average molecular weight is 216 g/mol. The number of hydrogen-bond acceptors (Lipinski definition) is 2. The van der Waals surface area contributed by atoms with Crippen molar-refractivity contribution in [1.82, 2.24) is 0 Å². The van der Waals surface area contributed by atoms with Gasteiger partial charge in [0.1, 0.15) is 0 Å². The summed E-state index contributed by atoms with van der Waals surface area (Å²) in [5.41, 5.74) is 6.83. The van der Waals surface area contributed by atoms with Gasteiger partial charge in [0.15, 0.2) is 0 Å². The molecule has 0 saturated carbocycles. The third kappa shape index (κ3) is 2.90. The first-order valence-corrected chi connectivity index (χ1v) is 5.78. The van der Waals surface area contributed by atoms with E-state index in [2.05, 4.69) is 6.92 Å². The third-order valence-electron chi connectivity index (χ3n) is 1.83. The SMILES string of the molecule is CCSC(CN)c1ccccc1Cl. The number of halogens is 1. The van der Waals surface area contributed by atoms with Gasteiger partial charge in [-0.25, -0.2) is 0 Å². The van der Waals surface area contributed by atoms with Gasteiger partial charge in [-0.15, -0.1) is 0 Å². The second-order valence-corrected chi connectivity index (χ2v) is 4.59. The Kier molecular flexibility index (Phi) is 4.64. The van der Waals surface area contributed by atoms with Crippen LogP contribution in [0.2, 0.25) is 5.02 Å². The monoisotopic (exact) mass is 215 g/mol. The fourth-order valence-corrected chi connectivity index (χ4v) is 2.48. The summed E-state index contributed by atoms with van der Waals surface area (Å²) in [7, 11) is 0. The molecule has 0 bridgehead atoms. The number of rotatable bonds is 4. The summed E-state index contributed by atoms with van der Waals surface area (Å²) in [4.78, 5) is 0. The van der Waals surface area contributed by atoms with E-state index in [9.17, 15) is 0 Å². The van der Waals surface area contributed by atoms with E-state index in [-0.39, 0.29) is 0 Å². The van der Waals surface area contributed by atoms with Gasteiger partial charge in [-0.3, -0.25) is 0 Å². The molecule has 0 aliphatic carbocycles. The van der Waals surface area contributed by atoms with Gasteiger partial charge >= 0.3 is 0 Å². The molecule has 1 aromatic rings. The molecule has 0 fully saturated rings. The van der Waals surface area contributed by atoms with Crippen molar-refractivity contribution in [3.05, 3.63) is 34.9 Å². The van der Waals surface area contributed by atoms with Crippen LogP contribution in [-0.2, 0) is 0 Å². The Morgan fingerprint density at radius 1 is 1.46 bits per heavy atom. The summed E-state index contributed by atoms with van der Waals surface area (Å²) < 4.78 is 0. The molecular formula is C10H14ClNS. The summed E-state index contributed by atoms with van der Waals surface area (Å²) in [6, 6.07) is 7.90. The van der Waals surface area contributed by atoms with E-state index in [4.69, 9.17) is 17.3 Å². The molecule has 0 aliphatic heterocycles. The minimum absolute atomic E-state index is 0.332. The van der Waals surface area contributed by atoms with E-state index < -0.39 is 0 Å². The van der Waals surface area contributed by atoms with Crippen molar-refractivity contribution in [2.75, 3.05) is 12.3 Å². The molecule has 0 heterocycles. The maximum absolute atomic E-state index is 6.06. The smallest absolute Gasteiger partial charge is 0.0449 e. The maximum atomic E-state index is 6.06. The molecule has 3 heteroatoms. The lowest BCUT2D eigenvalue weighted by atomic mass is 10.1. The highest BCUT2D eigenvalue weighted by Crippen LogP contribution is 2.32. The fourth-order valence-electron chi connectivity index (χ4n) is 1.22. The van der Waals surface area contributed by atoms with E-state index in [0.717, 1.165) is 16.3 Å². The first-order valence-electron chi connectivity index (χ1n) is 4.35. The van der Waals surface area contributed by atoms with Crippen LogP contribution in [0.25, 0.3) is 0 Å². The molecule has 72 valence electrons. The molecule has 2 N–H and O–H groups in total. The topological polar surface area (TPSA) is 26.0 Å². The number of hydrogen-bond donors (Lipinski definition) is 1. The van der Waals surface area contributed by atoms with Gasteiger partial charge < -0.3 is 5.73 Å². The third-order valence-corrected chi connectivity index (χ3v) is 3.36. The Labute approximate surface area is 88.7 Å². The second kappa shape index (κ2) is 5.53. The van der Waals surface area contributed by atoms with Crippen molar-refractivity contribution in [2.45, 2.75) is 12.2 Å². The Bertz CT molecular complexity index is 265. The van der Waals surface area contributed by atoms with Crippen LogP contribution in [-0.4, -0.2) is 12.3 Å². The largest absolute Gasteiger partial charge is 0.329 e. The molecule has 0 aliphatic rings. The normalized spacial score (nSPS) is 12.8. The highest BCUT2D eigenvalue weighted by molar-refractivity contribution is 7.99. The summed E-state index contributed by atoms with van der Waals surface area (Å²) >= 11 is 7.90. The Balaban J connectivity index is 2.84. The van der Waals surface area contributed by atoms with Crippen molar-refractivity contribution in [3.63, 3.8) is 0 Å². The first-order chi connectivity index (χ1) is 6.29. The van der Waals surface area contributed by atoms with E-state index >= 15 is 0 Å². The van der Waals surface area contributed by atoms with E-state index in [1.54, 1.807) is 0 Å². The molecule has 1 atom stereocenters. The zero-order valence-electron chi connectivity index (χ0n) is 7.66. The van der Waals surface area contributed by atoms with E-state index in [0.29, 0.717) is 11.8 Å². The van der Waals surface area contributed by atoms with Crippen LogP contribution in [0.15, 0.2) is 24.3 Å². The van der Waals surface area contributed by atoms with Gasteiger partial charge in [0, 0.05) is 16.8 Å². The fraction of sp³-hybridized carbons (Fsp3) is 0.400. The molecule has 0 amide bonds. The van der Waals surface area contributed by atoms with Crippen molar-refractivity contribution < 1.29 is 0 Å². The molecule has 1 rings (SSSR count). The predicted octanol–water partition coefficient (Wildman–Crippen LogP) is 3.09. The van der Waals surface area contributed by atoms with Crippen LogP contribution in [0.1, 0.15) is 17.7 Å². The van der Waals surface area contributed by atoms with Crippen molar-refractivity contribution >= 4 is 23.4 Å². The molecule has 1 nitrogen and oxygen atoms in total. The van der Waals surface area contributed by atoms with Gasteiger partial charge in [0.05, 0.1) is 0 Å². The van der Waals surface area contributed by atoms with Gasteiger partial charge in [-0.1, -0.05) is 36.7 Å². The molecule has 13 heavy (non-hydrogen) atoms. The molecular weight excluding hydrogens is 202 g/mol. The van der Waals surface area contributed by atoms with Crippen LogP contribution in [0, 0.1) is 0 Å². The summed E-state index contributed by atoms with van der Waals surface area (Å²) in [5, 5.41) is 1.15. The number of benzene rings is 1. The molecule has 0 spiro atoms. The highest BCUT2D eigenvalue weighted by Gasteiger charge is 2.11. The molecule has 1 unspecified atom stereocenters. The Morgan fingerprint density at radius 2 is 2.15 bits per heavy atom. The first kappa shape index (κ1) is 10.9. The quantitative estimate of drug-likeness (QED) is 0.836. The maximum Gasteiger partial charge on any atom is 0.0449 e. The minimum Gasteiger partial charge on any atom is -0.329 e. The Morgan fingerprint density at radius 3 is 2.69 bits per heavy atom. The van der Waals surface area contributed by atoms with Gasteiger partial charge in [-0.2, -0.15) is 11.8 Å². The molecule has 0 radical (unpaired) electrons. The van der Waals surface area contributed by atoms with Gasteiger partial charge in [0.2, 0.25) is 0 Å². The van der Waals surface area contributed by atoms with E-state index in [1.807, 2.05) is 36.0 Å². The van der Waals surface area contributed by atoms with Crippen LogP contribution < -0.4 is 5.73 Å². The van der Waals surface area contributed by atoms with Crippen LogP contribution in [0.5, 0.6) is 0 Å². The van der Waals surface area contributed by atoms with Crippen molar-refractivity contribution in [3.8, 4) is 0 Å². The summed E-state index contributed by atoms with van der Waals surface area (Å²) in [5.74, 6) is 1.06. The second-order valence-electron chi connectivity index (χ2n) is 2.70. The summed E-state index contributed by atoms with van der Waals surface area (Å²) in [6.45, 7) is 2.77. The lowest BCUT2D eigenvalue weighted by Crippen LogP contribution is -2.09. The highest BCUT2D eigenvalue weighted by atomic mass is 35.5. The van der Waals surface area contributed by atoms with Crippen molar-refractivity contribution in [2.24, 2.45) is 5.73 Å². The predicted molar refractivity (Wildman–Crippen MR) is 61.4 cm³/mol. The summed E-state index contributed by atoms with van der Waals surface area (Å²) in [6.07, 6.45) is 0. The van der Waals surface area contributed by atoms with Gasteiger partial charge in [-0.05, 0) is 17.4 Å².